The van der Waals surface area contributed by atoms with Crippen LogP contribution in [0.5, 0.6) is 0 Å². The summed E-state index contributed by atoms with van der Waals surface area (Å²) in [6.07, 6.45) is 0. The van der Waals surface area contributed by atoms with Gasteiger partial charge < -0.3 is 18.0 Å². The van der Waals surface area contributed by atoms with Crippen molar-refractivity contribution >= 4 is 17.0 Å². The fourth-order valence-electron chi connectivity index (χ4n) is 1.60. The number of nitrogens with zero attached hydrogens (tertiary/aromatic N) is 2. The van der Waals surface area contributed by atoms with Gasteiger partial charge in [-0.05, 0) is 53.4 Å². The summed E-state index contributed by atoms with van der Waals surface area (Å²) in [5, 5.41) is 0. The van der Waals surface area contributed by atoms with Crippen LogP contribution in [0.4, 0.5) is 0 Å². The van der Waals surface area contributed by atoms with Crippen LogP contribution in [-0.4, -0.2) is 68.5 Å². The third kappa shape index (κ3) is 3.94. The molecule has 0 aromatic heterocycles. The zero-order chi connectivity index (χ0) is 13.0. The third-order valence-electron chi connectivity index (χ3n) is 3.84. The Bertz CT molecular complexity index is 201. The maximum Gasteiger partial charge on any atom is 0.334 e. The highest BCUT2D eigenvalue weighted by Crippen LogP contribution is 2.23. The molecule has 0 aromatic carbocycles. The average molecular weight is 265 g/mol. The van der Waals surface area contributed by atoms with E-state index in [4.69, 9.17) is 8.85 Å². The molecule has 0 saturated carbocycles. The van der Waals surface area contributed by atoms with Gasteiger partial charge in [0.25, 0.3) is 0 Å². The van der Waals surface area contributed by atoms with Gasteiger partial charge in [-0.25, -0.2) is 0 Å². The summed E-state index contributed by atoms with van der Waals surface area (Å²) < 4.78 is 15.9. The maximum atomic E-state index is 5.54. The highest BCUT2D eigenvalue weighted by atomic mass is 28.4. The molecule has 0 spiro atoms. The zero-order valence-electron chi connectivity index (χ0n) is 12.1. The predicted octanol–water partition coefficient (Wildman–Crippen LogP) is 1.55. The van der Waals surface area contributed by atoms with Gasteiger partial charge in [0.1, 0.15) is 0 Å². The van der Waals surface area contributed by atoms with Crippen LogP contribution in [0.15, 0.2) is 0 Å². The van der Waals surface area contributed by atoms with Crippen LogP contribution in [0.25, 0.3) is 0 Å². The molecule has 0 rings (SSSR count). The highest BCUT2D eigenvalue weighted by Gasteiger charge is 2.38. The molecule has 0 aliphatic heterocycles. The van der Waals surface area contributed by atoms with Crippen molar-refractivity contribution in [2.24, 2.45) is 0 Å². The Kier molecular flexibility index (Phi) is 6.38. The smallest absolute Gasteiger partial charge is 0.334 e. The summed E-state index contributed by atoms with van der Waals surface area (Å²) in [5.41, 5.74) is 0. The lowest BCUT2D eigenvalue weighted by Crippen LogP contribution is -2.59. The first-order valence-corrected chi connectivity index (χ1v) is 10.8. The summed E-state index contributed by atoms with van der Waals surface area (Å²) in [6.45, 7) is 4.51. The average Bonchev–Trinajstić information content (AvgIpc) is 2.24. The second-order valence-corrected chi connectivity index (χ2v) is 13.4. The lowest BCUT2D eigenvalue weighted by molar-refractivity contribution is 0.250. The standard InChI is InChI=1S/C10H28N2O2Si2/c1-11(2)15(7,12(3)4)9-10-16(8,13-5)14-6/h9-10H2,1-8H3. The molecule has 98 valence electrons. The molecule has 4 nitrogen and oxygen atoms in total. The molecule has 0 aliphatic rings. The summed E-state index contributed by atoms with van der Waals surface area (Å²) in [7, 11) is 8.79. The summed E-state index contributed by atoms with van der Waals surface area (Å²) >= 11 is 0. The minimum absolute atomic E-state index is 1.05. The lowest BCUT2D eigenvalue weighted by Gasteiger charge is -2.41. The largest absolute Gasteiger partial charge is 0.398 e. The van der Waals surface area contributed by atoms with Crippen molar-refractivity contribution in [1.29, 1.82) is 0 Å². The van der Waals surface area contributed by atoms with Gasteiger partial charge in [0.15, 0.2) is 0 Å². The SMILES string of the molecule is CO[Si](C)(CC[Si](C)(N(C)C)N(C)C)OC. The highest BCUT2D eigenvalue weighted by molar-refractivity contribution is 6.76. The van der Waals surface area contributed by atoms with Crippen molar-refractivity contribution in [3.8, 4) is 0 Å². The van der Waals surface area contributed by atoms with Gasteiger partial charge in [0.05, 0.1) is 0 Å². The fourth-order valence-corrected chi connectivity index (χ4v) is 7.58. The van der Waals surface area contributed by atoms with Crippen molar-refractivity contribution in [3.63, 3.8) is 0 Å². The Hall–Kier alpha value is 0.274. The Morgan fingerprint density at radius 3 is 1.44 bits per heavy atom. The van der Waals surface area contributed by atoms with Gasteiger partial charge in [-0.15, -0.1) is 0 Å². The minimum Gasteiger partial charge on any atom is -0.398 e. The number of rotatable bonds is 7. The van der Waals surface area contributed by atoms with Crippen molar-refractivity contribution in [3.05, 3.63) is 0 Å². The van der Waals surface area contributed by atoms with E-state index in [0.717, 1.165) is 6.04 Å². The zero-order valence-corrected chi connectivity index (χ0v) is 14.1. The first-order chi connectivity index (χ1) is 7.22. The van der Waals surface area contributed by atoms with Crippen molar-refractivity contribution in [2.75, 3.05) is 42.4 Å². The maximum absolute atomic E-state index is 5.54. The molecule has 0 atom stereocenters. The molecule has 0 fully saturated rings. The molecule has 0 saturated heterocycles. The van der Waals surface area contributed by atoms with Crippen LogP contribution >= 0.6 is 0 Å². The van der Waals surface area contributed by atoms with Crippen molar-refractivity contribution in [2.45, 2.75) is 25.2 Å². The van der Waals surface area contributed by atoms with E-state index in [-0.39, 0.29) is 0 Å². The normalized spacial score (nSPS) is 13.9. The van der Waals surface area contributed by atoms with E-state index in [1.54, 1.807) is 14.2 Å². The van der Waals surface area contributed by atoms with Crippen LogP contribution in [0.2, 0.25) is 25.2 Å². The van der Waals surface area contributed by atoms with E-state index >= 15 is 0 Å². The van der Waals surface area contributed by atoms with Gasteiger partial charge >= 0.3 is 8.56 Å². The summed E-state index contributed by atoms with van der Waals surface area (Å²) in [6, 6.07) is 2.23. The third-order valence-corrected chi connectivity index (χ3v) is 12.3. The molecule has 0 bridgehead atoms. The molecule has 0 radical (unpaired) electrons. The van der Waals surface area contributed by atoms with Crippen molar-refractivity contribution < 1.29 is 8.85 Å². The van der Waals surface area contributed by atoms with E-state index < -0.39 is 17.0 Å². The second-order valence-electron chi connectivity index (χ2n) is 5.05. The van der Waals surface area contributed by atoms with Gasteiger partial charge in [-0.2, -0.15) is 0 Å². The van der Waals surface area contributed by atoms with E-state index in [0.29, 0.717) is 0 Å². The Labute approximate surface area is 103 Å². The molecule has 0 heterocycles. The molecular formula is C10H28N2O2Si2. The monoisotopic (exact) mass is 264 g/mol. The molecule has 0 amide bonds. The van der Waals surface area contributed by atoms with Gasteiger partial charge in [0.2, 0.25) is 8.40 Å². The molecule has 0 unspecified atom stereocenters. The minimum atomic E-state index is -1.92. The quantitative estimate of drug-likeness (QED) is 0.651. The van der Waals surface area contributed by atoms with E-state index in [1.165, 1.54) is 6.04 Å². The van der Waals surface area contributed by atoms with Crippen molar-refractivity contribution in [1.82, 2.24) is 9.13 Å². The predicted molar refractivity (Wildman–Crippen MR) is 74.2 cm³/mol. The topological polar surface area (TPSA) is 24.9 Å². The van der Waals surface area contributed by atoms with Gasteiger partial charge in [0, 0.05) is 14.2 Å². The fraction of sp³-hybridized carbons (Fsp3) is 1.00. The van der Waals surface area contributed by atoms with Gasteiger partial charge in [-0.1, -0.05) is 0 Å². The van der Waals surface area contributed by atoms with Gasteiger partial charge in [-0.3, -0.25) is 0 Å². The Morgan fingerprint density at radius 2 is 1.19 bits per heavy atom. The molecule has 6 heteroatoms. The van der Waals surface area contributed by atoms with Crippen LogP contribution in [-0.2, 0) is 8.85 Å². The van der Waals surface area contributed by atoms with Crippen LogP contribution in [0.3, 0.4) is 0 Å². The lowest BCUT2D eigenvalue weighted by atomic mass is 10.9. The molecular weight excluding hydrogens is 236 g/mol. The number of hydrogen-bond acceptors (Lipinski definition) is 4. The Balaban J connectivity index is 4.56. The van der Waals surface area contributed by atoms with E-state index in [1.807, 2.05) is 0 Å². The second kappa shape index (κ2) is 6.27. The van der Waals surface area contributed by atoms with Crippen LogP contribution in [0.1, 0.15) is 0 Å². The molecule has 0 aromatic rings. The van der Waals surface area contributed by atoms with E-state index in [9.17, 15) is 0 Å². The molecule has 0 aliphatic carbocycles. The van der Waals surface area contributed by atoms with E-state index in [2.05, 4.69) is 50.4 Å². The molecule has 16 heavy (non-hydrogen) atoms. The Morgan fingerprint density at radius 1 is 0.812 bits per heavy atom. The summed E-state index contributed by atoms with van der Waals surface area (Å²) in [4.78, 5) is 0. The number of hydrogen-bond donors (Lipinski definition) is 0. The summed E-state index contributed by atoms with van der Waals surface area (Å²) in [5.74, 6) is 0. The van der Waals surface area contributed by atoms with Crippen LogP contribution in [0, 0.1) is 0 Å². The van der Waals surface area contributed by atoms with Crippen LogP contribution < -0.4 is 0 Å². The molecule has 0 N–H and O–H groups in total. The first kappa shape index (κ1) is 16.3. The first-order valence-electron chi connectivity index (χ1n) is 5.67.